The van der Waals surface area contributed by atoms with Gasteiger partial charge in [-0.1, -0.05) is 123 Å². The molecular weight excluding hydrogens is 482 g/mol. The molecule has 0 radical (unpaired) electrons. The first-order valence-corrected chi connectivity index (χ1v) is 15.0. The lowest BCUT2D eigenvalue weighted by Crippen LogP contribution is -2.32. The Labute approximate surface area is 239 Å². The molecule has 4 aromatic rings. The number of hydrogen-bond donors (Lipinski definition) is 0. The number of benzene rings is 4. The highest BCUT2D eigenvalue weighted by molar-refractivity contribution is 5.95. The van der Waals surface area contributed by atoms with E-state index < -0.39 is 0 Å². The van der Waals surface area contributed by atoms with Crippen LogP contribution >= 0.6 is 0 Å². The van der Waals surface area contributed by atoms with E-state index in [-0.39, 0.29) is 10.8 Å². The Morgan fingerprint density at radius 2 is 1.52 bits per heavy atom. The zero-order valence-corrected chi connectivity index (χ0v) is 24.1. The van der Waals surface area contributed by atoms with E-state index in [1.165, 1.54) is 82.1 Å². The van der Waals surface area contributed by atoms with Gasteiger partial charge in [-0.05, 0) is 82.5 Å². The summed E-state index contributed by atoms with van der Waals surface area (Å²) in [6, 6.07) is 33.7. The van der Waals surface area contributed by atoms with Crippen molar-refractivity contribution in [2.75, 3.05) is 11.9 Å². The van der Waals surface area contributed by atoms with Gasteiger partial charge in [-0.25, -0.2) is 0 Å². The van der Waals surface area contributed by atoms with Crippen LogP contribution in [-0.4, -0.2) is 7.05 Å². The van der Waals surface area contributed by atoms with Gasteiger partial charge in [0.05, 0.1) is 0 Å². The first kappa shape index (κ1) is 25.1. The minimum Gasteiger partial charge on any atom is -0.347 e. The minimum atomic E-state index is -0.0553. The van der Waals surface area contributed by atoms with Gasteiger partial charge < -0.3 is 4.90 Å². The minimum absolute atomic E-state index is 0.0553. The van der Waals surface area contributed by atoms with Crippen molar-refractivity contribution in [1.82, 2.24) is 0 Å². The highest BCUT2D eigenvalue weighted by Crippen LogP contribution is 2.57. The second-order valence-electron chi connectivity index (χ2n) is 12.4. The van der Waals surface area contributed by atoms with Gasteiger partial charge in [0.2, 0.25) is 0 Å². The first-order chi connectivity index (χ1) is 19.5. The molecule has 0 amide bonds. The molecule has 1 nitrogen and oxygen atoms in total. The van der Waals surface area contributed by atoms with Crippen LogP contribution in [0.5, 0.6) is 0 Å². The van der Waals surface area contributed by atoms with E-state index in [0.29, 0.717) is 0 Å². The van der Waals surface area contributed by atoms with Gasteiger partial charge in [-0.3, -0.25) is 0 Å². The number of anilines is 1. The number of hydrogen-bond acceptors (Lipinski definition) is 1. The number of allylic oxidation sites excluding steroid dienone is 6. The van der Waals surface area contributed by atoms with Gasteiger partial charge in [-0.2, -0.15) is 0 Å². The Morgan fingerprint density at radius 1 is 0.800 bits per heavy atom. The summed E-state index contributed by atoms with van der Waals surface area (Å²) in [7, 11) is 2.28. The third-order valence-electron chi connectivity index (χ3n) is 10.1. The van der Waals surface area contributed by atoms with Gasteiger partial charge in [0.1, 0.15) is 0 Å². The van der Waals surface area contributed by atoms with Crippen molar-refractivity contribution in [2.24, 2.45) is 0 Å². The topological polar surface area (TPSA) is 3.24 Å². The lowest BCUT2D eigenvalue weighted by Gasteiger charge is -2.37. The zero-order chi connectivity index (χ0) is 27.3. The van der Waals surface area contributed by atoms with Crippen LogP contribution in [0.3, 0.4) is 0 Å². The molecule has 0 N–H and O–H groups in total. The second-order valence-corrected chi connectivity index (χ2v) is 12.4. The molecule has 1 aliphatic heterocycles. The summed E-state index contributed by atoms with van der Waals surface area (Å²) in [5.74, 6) is 0. The molecule has 2 aliphatic carbocycles. The van der Waals surface area contributed by atoms with Gasteiger partial charge >= 0.3 is 0 Å². The Bertz CT molecular complexity index is 1680. The van der Waals surface area contributed by atoms with Crippen LogP contribution in [0.15, 0.2) is 120 Å². The molecule has 0 bridgehead atoms. The fourth-order valence-corrected chi connectivity index (χ4v) is 8.29. The summed E-state index contributed by atoms with van der Waals surface area (Å²) in [5.41, 5.74) is 11.5. The number of likely N-dealkylation sites (N-methyl/N-ethyl adjacent to an activating group) is 1. The normalized spacial score (nSPS) is 22.6. The Morgan fingerprint density at radius 3 is 2.35 bits per heavy atom. The maximum Gasteiger partial charge on any atom is 0.0454 e. The van der Waals surface area contributed by atoms with E-state index in [0.717, 1.165) is 6.42 Å². The number of rotatable bonds is 4. The number of nitrogens with zero attached hydrogens (tertiary/aromatic N) is 1. The van der Waals surface area contributed by atoms with E-state index in [4.69, 9.17) is 0 Å². The molecule has 1 spiro atoms. The van der Waals surface area contributed by atoms with Gasteiger partial charge in [0.15, 0.2) is 0 Å². The second kappa shape index (κ2) is 9.66. The summed E-state index contributed by atoms with van der Waals surface area (Å²) < 4.78 is 0. The standard InChI is InChI=1S/C39H39N/c1-28-31-18-10-11-20-34(31)38(2,27-29-15-6-4-7-16-29)33(28)21-14-22-36-39(25-12-5-13-26-39)37-32-19-9-8-17-30(32)23-24-35(37)40(36)3/h4,6-11,14-24H,5,12-13,25-27H2,1-3H3/b21-14+,36-22+. The third-order valence-corrected chi connectivity index (χ3v) is 10.1. The lowest BCUT2D eigenvalue weighted by molar-refractivity contribution is 0.348. The van der Waals surface area contributed by atoms with Gasteiger partial charge in [0, 0.05) is 29.3 Å². The highest BCUT2D eigenvalue weighted by atomic mass is 15.2. The number of fused-ring (bicyclic) bond motifs is 5. The molecule has 1 heterocycles. The predicted octanol–water partition coefficient (Wildman–Crippen LogP) is 9.92. The smallest absolute Gasteiger partial charge is 0.0454 e. The van der Waals surface area contributed by atoms with E-state index in [1.807, 2.05) is 0 Å². The van der Waals surface area contributed by atoms with Crippen molar-refractivity contribution >= 4 is 22.0 Å². The summed E-state index contributed by atoms with van der Waals surface area (Å²) in [4.78, 5) is 2.49. The SMILES string of the molecule is CC1=C(/C=C/C=C2/N(C)c3ccc4ccccc4c3C23CCCCC3)C(C)(Cc2ccccc2)c2ccccc21. The molecule has 200 valence electrons. The van der Waals surface area contributed by atoms with Crippen LogP contribution in [0.4, 0.5) is 5.69 Å². The maximum atomic E-state index is 2.49. The van der Waals surface area contributed by atoms with Gasteiger partial charge in [0.25, 0.3) is 0 Å². The zero-order valence-electron chi connectivity index (χ0n) is 24.1. The fraction of sp³-hybridized carbons (Fsp3) is 0.282. The van der Waals surface area contributed by atoms with E-state index in [1.54, 1.807) is 5.56 Å². The Kier molecular flexibility index (Phi) is 6.08. The van der Waals surface area contributed by atoms with Crippen molar-refractivity contribution in [3.05, 3.63) is 143 Å². The highest BCUT2D eigenvalue weighted by Gasteiger charge is 2.47. The van der Waals surface area contributed by atoms with Crippen LogP contribution in [0, 0.1) is 0 Å². The van der Waals surface area contributed by atoms with Crippen molar-refractivity contribution in [1.29, 1.82) is 0 Å². The monoisotopic (exact) mass is 521 g/mol. The van der Waals surface area contributed by atoms with Crippen LogP contribution < -0.4 is 4.90 Å². The van der Waals surface area contributed by atoms with Crippen LogP contribution in [0.2, 0.25) is 0 Å². The molecule has 0 saturated heterocycles. The summed E-state index contributed by atoms with van der Waals surface area (Å²) >= 11 is 0. The molecule has 7 rings (SSSR count). The molecule has 1 unspecified atom stereocenters. The van der Waals surface area contributed by atoms with Gasteiger partial charge in [-0.15, -0.1) is 0 Å². The first-order valence-electron chi connectivity index (χ1n) is 15.0. The molecule has 1 atom stereocenters. The quantitative estimate of drug-likeness (QED) is 0.258. The molecule has 4 aromatic carbocycles. The average molecular weight is 522 g/mol. The Hall–Kier alpha value is -3.84. The summed E-state index contributed by atoms with van der Waals surface area (Å²) in [5, 5.41) is 2.79. The predicted molar refractivity (Wildman–Crippen MR) is 171 cm³/mol. The molecule has 0 aromatic heterocycles. The molecule has 40 heavy (non-hydrogen) atoms. The van der Waals surface area contributed by atoms with E-state index in [9.17, 15) is 0 Å². The molecule has 1 heteroatoms. The molecule has 3 aliphatic rings. The van der Waals surface area contributed by atoms with Crippen molar-refractivity contribution < 1.29 is 0 Å². The van der Waals surface area contributed by atoms with Crippen LogP contribution in [0.25, 0.3) is 16.3 Å². The van der Waals surface area contributed by atoms with Crippen LogP contribution in [-0.2, 0) is 17.3 Å². The molecule has 1 saturated carbocycles. The maximum absolute atomic E-state index is 2.49. The van der Waals surface area contributed by atoms with Crippen molar-refractivity contribution in [3.63, 3.8) is 0 Å². The largest absolute Gasteiger partial charge is 0.347 e. The van der Waals surface area contributed by atoms with Crippen LogP contribution in [0.1, 0.15) is 68.2 Å². The van der Waals surface area contributed by atoms with E-state index in [2.05, 4.69) is 135 Å². The summed E-state index contributed by atoms with van der Waals surface area (Å²) in [6.07, 6.45) is 14.6. The summed E-state index contributed by atoms with van der Waals surface area (Å²) in [6.45, 7) is 4.75. The molecule has 1 fully saturated rings. The molecular formula is C39H39N. The fourth-order valence-electron chi connectivity index (χ4n) is 8.29. The average Bonchev–Trinajstić information content (AvgIpc) is 3.34. The third kappa shape index (κ3) is 3.74. The van der Waals surface area contributed by atoms with Crippen molar-refractivity contribution in [2.45, 2.75) is 63.2 Å². The van der Waals surface area contributed by atoms with E-state index >= 15 is 0 Å². The lowest BCUT2D eigenvalue weighted by atomic mass is 9.67. The van der Waals surface area contributed by atoms with Crippen molar-refractivity contribution in [3.8, 4) is 0 Å². The Balaban J connectivity index is 1.32.